The van der Waals surface area contributed by atoms with E-state index in [9.17, 15) is 14.4 Å². The van der Waals surface area contributed by atoms with Crippen molar-refractivity contribution in [3.05, 3.63) is 0 Å². The molecule has 1 fully saturated rings. The second kappa shape index (κ2) is 5.62. The number of carbonyl (C=O) groups excluding carboxylic acids is 3. The second-order valence-corrected chi connectivity index (χ2v) is 5.36. The van der Waals surface area contributed by atoms with Crippen molar-refractivity contribution in [1.82, 2.24) is 10.2 Å². The van der Waals surface area contributed by atoms with Crippen molar-refractivity contribution in [2.75, 3.05) is 11.9 Å². The van der Waals surface area contributed by atoms with Crippen LogP contribution in [0.15, 0.2) is 0 Å². The summed E-state index contributed by atoms with van der Waals surface area (Å²) < 4.78 is 0. The predicted octanol–water partition coefficient (Wildman–Crippen LogP) is 0.815. The van der Waals surface area contributed by atoms with Crippen LogP contribution < -0.4 is 5.32 Å². The highest BCUT2D eigenvalue weighted by atomic mass is 79.9. The quantitative estimate of drug-likeness (QED) is 0.475. The van der Waals surface area contributed by atoms with Crippen LogP contribution in [-0.4, -0.2) is 40.0 Å². The van der Waals surface area contributed by atoms with Crippen molar-refractivity contribution >= 4 is 33.7 Å². The van der Waals surface area contributed by atoms with Crippen molar-refractivity contribution in [1.29, 1.82) is 0 Å². The van der Waals surface area contributed by atoms with E-state index < -0.39 is 17.4 Å². The van der Waals surface area contributed by atoms with E-state index in [4.69, 9.17) is 0 Å². The fourth-order valence-electron chi connectivity index (χ4n) is 1.69. The van der Waals surface area contributed by atoms with Crippen molar-refractivity contribution in [3.63, 3.8) is 0 Å². The number of hydrogen-bond acceptors (Lipinski definition) is 3. The summed E-state index contributed by atoms with van der Waals surface area (Å²) in [7, 11) is 0. The molecule has 0 aromatic heterocycles. The molecule has 3 amide bonds. The number of unbranched alkanes of at least 4 members (excludes halogenated alkanes) is 1. The molecule has 96 valence electrons. The van der Waals surface area contributed by atoms with Gasteiger partial charge in [-0.1, -0.05) is 15.9 Å². The molecule has 1 aliphatic heterocycles. The first kappa shape index (κ1) is 14.2. The number of rotatable bonds is 4. The van der Waals surface area contributed by atoms with E-state index in [1.165, 1.54) is 4.90 Å². The standard InChI is InChI=1S/C11H17BrN2O3/c1-11(2)10(17)13-8(15)7-14(11)9(16)5-3-4-6-12/h3-7H2,1-2H3,(H,13,15,17). The van der Waals surface area contributed by atoms with Crippen molar-refractivity contribution in [3.8, 4) is 0 Å². The number of nitrogens with zero attached hydrogens (tertiary/aromatic N) is 1. The highest BCUT2D eigenvalue weighted by Crippen LogP contribution is 2.19. The lowest BCUT2D eigenvalue weighted by Gasteiger charge is -2.40. The minimum Gasteiger partial charge on any atom is -0.319 e. The first-order valence-corrected chi connectivity index (χ1v) is 6.72. The maximum absolute atomic E-state index is 12.0. The second-order valence-electron chi connectivity index (χ2n) is 4.56. The Morgan fingerprint density at radius 2 is 2.06 bits per heavy atom. The molecule has 0 aliphatic carbocycles. The zero-order chi connectivity index (χ0) is 13.1. The fraction of sp³-hybridized carbons (Fsp3) is 0.727. The van der Waals surface area contributed by atoms with Gasteiger partial charge in [0, 0.05) is 11.8 Å². The van der Waals surface area contributed by atoms with E-state index in [1.807, 2.05) is 0 Å². The third kappa shape index (κ3) is 3.28. The zero-order valence-corrected chi connectivity index (χ0v) is 11.7. The van der Waals surface area contributed by atoms with Crippen molar-refractivity contribution in [2.45, 2.75) is 38.6 Å². The van der Waals surface area contributed by atoms with E-state index in [2.05, 4.69) is 21.2 Å². The van der Waals surface area contributed by atoms with Gasteiger partial charge in [-0.05, 0) is 26.7 Å². The van der Waals surface area contributed by atoms with E-state index in [0.29, 0.717) is 6.42 Å². The molecule has 0 saturated carbocycles. The molecule has 0 aromatic carbocycles. The molecule has 1 N–H and O–H groups in total. The van der Waals surface area contributed by atoms with Gasteiger partial charge >= 0.3 is 0 Å². The van der Waals surface area contributed by atoms with Crippen LogP contribution in [0.5, 0.6) is 0 Å². The first-order valence-electron chi connectivity index (χ1n) is 5.60. The fourth-order valence-corrected chi connectivity index (χ4v) is 2.09. The van der Waals surface area contributed by atoms with Crippen LogP contribution in [-0.2, 0) is 14.4 Å². The molecule has 0 aromatic rings. The molecular formula is C11H17BrN2O3. The molecule has 1 aliphatic rings. The number of imide groups is 1. The number of amides is 3. The molecule has 0 atom stereocenters. The lowest BCUT2D eigenvalue weighted by atomic mass is 9.98. The molecule has 6 heteroatoms. The van der Waals surface area contributed by atoms with Gasteiger partial charge in [-0.15, -0.1) is 0 Å². The maximum Gasteiger partial charge on any atom is 0.252 e. The molecule has 17 heavy (non-hydrogen) atoms. The van der Waals surface area contributed by atoms with Gasteiger partial charge in [0.25, 0.3) is 5.91 Å². The van der Waals surface area contributed by atoms with E-state index in [0.717, 1.165) is 18.2 Å². The summed E-state index contributed by atoms with van der Waals surface area (Å²) in [4.78, 5) is 36.2. The summed E-state index contributed by atoms with van der Waals surface area (Å²) in [5.74, 6) is -0.968. The van der Waals surface area contributed by atoms with E-state index >= 15 is 0 Å². The maximum atomic E-state index is 12.0. The first-order chi connectivity index (χ1) is 7.89. The van der Waals surface area contributed by atoms with Gasteiger partial charge in [0.2, 0.25) is 11.8 Å². The van der Waals surface area contributed by atoms with Gasteiger partial charge in [0.15, 0.2) is 0 Å². The van der Waals surface area contributed by atoms with Crippen LogP contribution in [0.3, 0.4) is 0 Å². The Morgan fingerprint density at radius 1 is 1.41 bits per heavy atom. The van der Waals surface area contributed by atoms with Crippen LogP contribution in [0.1, 0.15) is 33.1 Å². The average Bonchev–Trinajstić information content (AvgIpc) is 2.24. The number of halogens is 1. The monoisotopic (exact) mass is 304 g/mol. The van der Waals surface area contributed by atoms with Crippen LogP contribution >= 0.6 is 15.9 Å². The van der Waals surface area contributed by atoms with Crippen LogP contribution in [0.25, 0.3) is 0 Å². The normalized spacial score (nSPS) is 19.1. The van der Waals surface area contributed by atoms with Crippen LogP contribution in [0.4, 0.5) is 0 Å². The molecule has 0 radical (unpaired) electrons. The summed E-state index contributed by atoms with van der Waals surface area (Å²) in [6.07, 6.45) is 2.03. The molecule has 0 spiro atoms. The molecule has 0 bridgehead atoms. The Hall–Kier alpha value is -0.910. The van der Waals surface area contributed by atoms with Crippen molar-refractivity contribution < 1.29 is 14.4 Å². The number of carbonyl (C=O) groups is 3. The smallest absolute Gasteiger partial charge is 0.252 e. The lowest BCUT2D eigenvalue weighted by molar-refractivity contribution is -0.155. The van der Waals surface area contributed by atoms with Gasteiger partial charge in [0.1, 0.15) is 12.1 Å². The summed E-state index contributed by atoms with van der Waals surface area (Å²) in [6, 6.07) is 0. The summed E-state index contributed by atoms with van der Waals surface area (Å²) in [5.41, 5.74) is -0.945. The van der Waals surface area contributed by atoms with E-state index in [-0.39, 0.29) is 12.5 Å². The minimum absolute atomic E-state index is 0.0358. The van der Waals surface area contributed by atoms with Gasteiger partial charge < -0.3 is 4.90 Å². The average molecular weight is 305 g/mol. The van der Waals surface area contributed by atoms with Gasteiger partial charge in [-0.3, -0.25) is 19.7 Å². The summed E-state index contributed by atoms with van der Waals surface area (Å²) in [5, 5.41) is 3.09. The number of piperazine rings is 1. The van der Waals surface area contributed by atoms with Gasteiger partial charge in [0.05, 0.1) is 0 Å². The zero-order valence-electron chi connectivity index (χ0n) is 10.1. The summed E-state index contributed by atoms with van der Waals surface area (Å²) >= 11 is 3.29. The number of alkyl halides is 1. The Morgan fingerprint density at radius 3 is 2.65 bits per heavy atom. The third-order valence-electron chi connectivity index (χ3n) is 2.86. The summed E-state index contributed by atoms with van der Waals surface area (Å²) in [6.45, 7) is 3.26. The Bertz CT molecular complexity index is 342. The van der Waals surface area contributed by atoms with Crippen LogP contribution in [0, 0.1) is 0 Å². The lowest BCUT2D eigenvalue weighted by Crippen LogP contribution is -2.65. The third-order valence-corrected chi connectivity index (χ3v) is 3.42. The highest BCUT2D eigenvalue weighted by molar-refractivity contribution is 9.09. The Kier molecular flexibility index (Phi) is 4.68. The number of hydrogen-bond donors (Lipinski definition) is 1. The van der Waals surface area contributed by atoms with Crippen molar-refractivity contribution in [2.24, 2.45) is 0 Å². The predicted molar refractivity (Wildman–Crippen MR) is 66.6 cm³/mol. The molecule has 0 unspecified atom stereocenters. The Balaban J connectivity index is 2.69. The molecule has 1 heterocycles. The molecule has 1 rings (SSSR count). The van der Waals surface area contributed by atoms with Gasteiger partial charge in [-0.25, -0.2) is 0 Å². The SMILES string of the molecule is CC1(C)C(=O)NC(=O)CN1C(=O)CCCCBr. The van der Waals surface area contributed by atoms with E-state index in [1.54, 1.807) is 13.8 Å². The molecule has 5 nitrogen and oxygen atoms in total. The minimum atomic E-state index is -0.945. The van der Waals surface area contributed by atoms with Crippen LogP contribution in [0.2, 0.25) is 0 Å². The topological polar surface area (TPSA) is 66.5 Å². The molecule has 1 saturated heterocycles. The van der Waals surface area contributed by atoms with Gasteiger partial charge in [-0.2, -0.15) is 0 Å². The molecular weight excluding hydrogens is 288 g/mol. The highest BCUT2D eigenvalue weighted by Gasteiger charge is 2.42. The largest absolute Gasteiger partial charge is 0.319 e. The number of nitrogens with one attached hydrogen (secondary N) is 1. The Labute approximate surface area is 109 Å².